The van der Waals surface area contributed by atoms with Gasteiger partial charge in [0.2, 0.25) is 0 Å². The minimum Gasteiger partial charge on any atom is -0.450 e. The van der Waals surface area contributed by atoms with Crippen molar-refractivity contribution in [1.29, 1.82) is 0 Å². The lowest BCUT2D eigenvalue weighted by Crippen LogP contribution is -2.57. The maximum Gasteiger partial charge on any atom is 0.329 e. The number of carbonyl (C=O) groups is 6. The molecule has 1 aliphatic rings. The molecule has 0 bridgehead atoms. The number of nitrogens with zero attached hydrogens (tertiary/aromatic N) is 3. The van der Waals surface area contributed by atoms with Gasteiger partial charge in [-0.1, -0.05) is 89.5 Å². The van der Waals surface area contributed by atoms with Crippen LogP contribution in [0.1, 0.15) is 95.9 Å². The van der Waals surface area contributed by atoms with E-state index in [1.807, 2.05) is 20.8 Å². The normalized spacial score (nSPS) is 27.4. The van der Waals surface area contributed by atoms with Gasteiger partial charge in [0.05, 0.1) is 0 Å². The zero-order valence-electron chi connectivity index (χ0n) is 31.4. The van der Waals surface area contributed by atoms with E-state index in [1.54, 1.807) is 62.3 Å². The number of amides is 3. The summed E-state index contributed by atoms with van der Waals surface area (Å²) in [7, 11) is 4.35. The molecule has 1 heterocycles. The Kier molecular flexibility index (Phi) is 15.9. The van der Waals surface area contributed by atoms with Gasteiger partial charge in [0.1, 0.15) is 18.1 Å². The quantitative estimate of drug-likeness (QED) is 0.278. The molecule has 1 aliphatic heterocycles. The van der Waals surface area contributed by atoms with Crippen LogP contribution in [0.3, 0.4) is 0 Å². The number of esters is 3. The van der Waals surface area contributed by atoms with Crippen LogP contribution in [0, 0.1) is 35.5 Å². The van der Waals surface area contributed by atoms with Gasteiger partial charge < -0.3 is 28.9 Å². The third-order valence-corrected chi connectivity index (χ3v) is 8.89. The molecule has 12 heteroatoms. The molecule has 0 spiro atoms. The number of cyclic esters (lactones) is 3. The van der Waals surface area contributed by atoms with Crippen molar-refractivity contribution < 1.29 is 43.0 Å². The van der Waals surface area contributed by atoms with E-state index in [2.05, 4.69) is 0 Å². The average molecular weight is 668 g/mol. The van der Waals surface area contributed by atoms with E-state index < -0.39 is 95.7 Å². The molecule has 0 aromatic carbocycles. The first-order valence-corrected chi connectivity index (χ1v) is 17.0. The Morgan fingerprint density at radius 3 is 1.19 bits per heavy atom. The molecule has 0 aromatic rings. The monoisotopic (exact) mass is 667 g/mol. The van der Waals surface area contributed by atoms with Crippen molar-refractivity contribution in [1.82, 2.24) is 14.7 Å². The fraction of sp³-hybridized carbons (Fsp3) is 0.829. The van der Waals surface area contributed by atoms with Crippen LogP contribution >= 0.6 is 0 Å². The Balaban J connectivity index is 3.98. The van der Waals surface area contributed by atoms with Crippen LogP contribution in [0.5, 0.6) is 0 Å². The van der Waals surface area contributed by atoms with Crippen molar-refractivity contribution in [3.8, 4) is 0 Å². The lowest BCUT2D eigenvalue weighted by molar-refractivity contribution is -0.181. The largest absolute Gasteiger partial charge is 0.450 e. The van der Waals surface area contributed by atoms with Crippen LogP contribution in [-0.4, -0.2) is 108 Å². The van der Waals surface area contributed by atoms with Crippen LogP contribution in [-0.2, 0) is 43.0 Å². The number of hydrogen-bond donors (Lipinski definition) is 0. The summed E-state index contributed by atoms with van der Waals surface area (Å²) in [5, 5.41) is 0. The second-order valence-corrected chi connectivity index (χ2v) is 14.8. The van der Waals surface area contributed by atoms with Crippen LogP contribution in [0.4, 0.5) is 0 Å². The van der Waals surface area contributed by atoms with E-state index in [-0.39, 0.29) is 18.3 Å². The molecule has 0 aromatic heterocycles. The molecule has 1 fully saturated rings. The first-order valence-electron chi connectivity index (χ1n) is 17.0. The first-order chi connectivity index (χ1) is 21.6. The molecule has 0 saturated carbocycles. The predicted octanol–water partition coefficient (Wildman–Crippen LogP) is 3.93. The Labute approximate surface area is 282 Å². The number of rotatable bonds is 8. The van der Waals surface area contributed by atoms with Crippen LogP contribution < -0.4 is 0 Å². The molecule has 12 nitrogen and oxygen atoms in total. The van der Waals surface area contributed by atoms with E-state index in [9.17, 15) is 28.8 Å². The van der Waals surface area contributed by atoms with Gasteiger partial charge in [0.25, 0.3) is 17.7 Å². The van der Waals surface area contributed by atoms with E-state index in [0.29, 0.717) is 6.42 Å². The predicted molar refractivity (Wildman–Crippen MR) is 178 cm³/mol. The summed E-state index contributed by atoms with van der Waals surface area (Å²) in [5.74, 6) is -6.48. The molecule has 270 valence electrons. The molecule has 3 unspecified atom stereocenters. The summed E-state index contributed by atoms with van der Waals surface area (Å²) >= 11 is 0. The molecule has 47 heavy (non-hydrogen) atoms. The molecule has 7 atom stereocenters. The fourth-order valence-corrected chi connectivity index (χ4v) is 5.77. The van der Waals surface area contributed by atoms with Crippen LogP contribution in [0.25, 0.3) is 0 Å². The van der Waals surface area contributed by atoms with Crippen molar-refractivity contribution in [3.63, 3.8) is 0 Å². The third kappa shape index (κ3) is 10.4. The summed E-state index contributed by atoms with van der Waals surface area (Å²) in [6.45, 7) is 21.3. The fourth-order valence-electron chi connectivity index (χ4n) is 5.77. The highest BCUT2D eigenvalue weighted by Crippen LogP contribution is 2.26. The van der Waals surface area contributed by atoms with Gasteiger partial charge in [-0.15, -0.1) is 0 Å². The second-order valence-electron chi connectivity index (χ2n) is 14.8. The molecular formula is C35H61N3O9. The number of hydrogen-bond acceptors (Lipinski definition) is 9. The second kappa shape index (κ2) is 17.8. The van der Waals surface area contributed by atoms with E-state index >= 15 is 0 Å². The smallest absolute Gasteiger partial charge is 0.329 e. The van der Waals surface area contributed by atoms with Crippen molar-refractivity contribution in [2.75, 3.05) is 21.1 Å². The van der Waals surface area contributed by atoms with Gasteiger partial charge in [-0.05, 0) is 41.9 Å². The van der Waals surface area contributed by atoms with Gasteiger partial charge in [0, 0.05) is 21.1 Å². The van der Waals surface area contributed by atoms with Crippen molar-refractivity contribution in [3.05, 3.63) is 0 Å². The average Bonchev–Trinajstić information content (AvgIpc) is 2.97. The Bertz CT molecular complexity index is 1120. The van der Waals surface area contributed by atoms with E-state index in [4.69, 9.17) is 14.2 Å². The van der Waals surface area contributed by atoms with Crippen molar-refractivity contribution in [2.45, 2.75) is 132 Å². The summed E-state index contributed by atoms with van der Waals surface area (Å²) < 4.78 is 17.6. The van der Waals surface area contributed by atoms with Gasteiger partial charge in [0.15, 0.2) is 18.3 Å². The summed E-state index contributed by atoms with van der Waals surface area (Å²) in [6, 6.07) is -3.30. The maximum atomic E-state index is 14.0. The first kappa shape index (κ1) is 41.8. The summed E-state index contributed by atoms with van der Waals surface area (Å²) in [5.41, 5.74) is 0. The van der Waals surface area contributed by atoms with Crippen LogP contribution in [0.2, 0.25) is 0 Å². The van der Waals surface area contributed by atoms with Gasteiger partial charge in [-0.25, -0.2) is 14.4 Å². The Hall–Kier alpha value is -3.18. The van der Waals surface area contributed by atoms with Crippen molar-refractivity contribution in [2.24, 2.45) is 35.5 Å². The minimum absolute atomic E-state index is 0.0416. The Morgan fingerprint density at radius 2 is 0.851 bits per heavy atom. The van der Waals surface area contributed by atoms with Gasteiger partial charge in [-0.2, -0.15) is 0 Å². The molecule has 3 amide bonds. The lowest BCUT2D eigenvalue weighted by Gasteiger charge is -2.38. The zero-order valence-corrected chi connectivity index (χ0v) is 31.4. The van der Waals surface area contributed by atoms with Crippen LogP contribution in [0.15, 0.2) is 0 Å². The number of carbonyl (C=O) groups excluding carboxylic acids is 6. The highest BCUT2D eigenvalue weighted by molar-refractivity contribution is 5.94. The van der Waals surface area contributed by atoms with Gasteiger partial charge >= 0.3 is 17.9 Å². The standard InChI is InChI=1S/C35H61N3O9/c1-16-23(12)26-35(44)47-27(20(6)7)30(39)36(13)24(17-18(2)3)33(42)45-28(21(8)9)31(40)37(14)25(19(4)5)34(43)46-29(22(10)11)32(41)38(26)15/h18-29H,16-17H2,1-15H3/t23-,24-,25-,26-,27?,28?,29?/m0/s1. The summed E-state index contributed by atoms with van der Waals surface area (Å²) in [6.07, 6.45) is -3.10. The topological polar surface area (TPSA) is 140 Å². The zero-order chi connectivity index (χ0) is 36.7. The molecular weight excluding hydrogens is 606 g/mol. The van der Waals surface area contributed by atoms with E-state index in [0.717, 1.165) is 0 Å². The summed E-state index contributed by atoms with van der Waals surface area (Å²) in [4.78, 5) is 87.2. The molecule has 0 N–H and O–H groups in total. The van der Waals surface area contributed by atoms with Gasteiger partial charge in [-0.3, -0.25) is 14.4 Å². The molecule has 0 radical (unpaired) electrons. The lowest BCUT2D eigenvalue weighted by atomic mass is 9.95. The van der Waals surface area contributed by atoms with E-state index in [1.165, 1.54) is 35.8 Å². The third-order valence-electron chi connectivity index (χ3n) is 8.89. The highest BCUT2D eigenvalue weighted by atomic mass is 16.6. The minimum atomic E-state index is -1.28. The Morgan fingerprint density at radius 1 is 0.511 bits per heavy atom. The maximum absolute atomic E-state index is 14.0. The molecule has 0 aliphatic carbocycles. The van der Waals surface area contributed by atoms with Crippen molar-refractivity contribution >= 4 is 35.6 Å². The molecule has 1 saturated heterocycles. The SMILES string of the molecule is CC[C@H](C)[C@H]1C(=O)OC(C(C)C)C(=O)N(C)[C@@H](CC(C)C)C(=O)OC(C(C)C)C(=O)N(C)[C@@H](C(C)C)C(=O)OC(C(C)C)C(=O)N1C. The highest BCUT2D eigenvalue weighted by Gasteiger charge is 2.45. The molecule has 1 rings (SSSR count). The number of ether oxygens (including phenoxy) is 3. The number of likely N-dealkylation sites (N-methyl/N-ethyl adjacent to an activating group) is 3.